The van der Waals surface area contributed by atoms with Gasteiger partial charge >= 0.3 is 12.1 Å². The fourth-order valence-corrected chi connectivity index (χ4v) is 5.09. The highest BCUT2D eigenvalue weighted by atomic mass is 32.2. The number of aliphatic carboxylic acids is 1. The second-order valence-electron chi connectivity index (χ2n) is 9.50. The van der Waals surface area contributed by atoms with E-state index in [2.05, 4.69) is 0 Å². The van der Waals surface area contributed by atoms with Crippen LogP contribution in [0.1, 0.15) is 79.6 Å². The van der Waals surface area contributed by atoms with Crippen LogP contribution in [0.5, 0.6) is 0 Å². The maximum Gasteiger partial charge on any atom is 0.412 e. The Morgan fingerprint density at radius 2 is 1.86 bits per heavy atom. The molecule has 0 aromatic carbocycles. The van der Waals surface area contributed by atoms with Gasteiger partial charge < -0.3 is 14.6 Å². The normalized spacial score (nSPS) is 25.7. The largest absolute Gasteiger partial charge is 0.481 e. The van der Waals surface area contributed by atoms with Crippen LogP contribution in [0.4, 0.5) is 4.79 Å². The Balaban J connectivity index is 2.13. The molecular weight excluding hydrogens is 378 g/mol. The molecule has 1 N–H and O–H groups in total. The van der Waals surface area contributed by atoms with Crippen LogP contribution in [-0.4, -0.2) is 57.0 Å². The van der Waals surface area contributed by atoms with Crippen molar-refractivity contribution in [1.29, 1.82) is 0 Å². The summed E-state index contributed by atoms with van der Waals surface area (Å²) < 4.78 is 12.0. The first-order valence-corrected chi connectivity index (χ1v) is 11.6. The van der Waals surface area contributed by atoms with Crippen LogP contribution in [0.2, 0.25) is 0 Å². The third kappa shape index (κ3) is 6.83. The van der Waals surface area contributed by atoms with Gasteiger partial charge in [-0.05, 0) is 59.1 Å². The van der Waals surface area contributed by atoms with Gasteiger partial charge in [0, 0.05) is 0 Å². The lowest BCUT2D eigenvalue weighted by molar-refractivity contribution is -0.133. The highest BCUT2D eigenvalue weighted by Crippen LogP contribution is 2.40. The molecule has 0 aromatic rings. The van der Waals surface area contributed by atoms with E-state index in [1.54, 1.807) is 4.90 Å². The second-order valence-corrected chi connectivity index (χ2v) is 10.6. The lowest BCUT2D eigenvalue weighted by atomic mass is 9.83. The fraction of sp³-hybridized carbons (Fsp3) is 0.905. The summed E-state index contributed by atoms with van der Waals surface area (Å²) in [6.45, 7) is 9.49. The van der Waals surface area contributed by atoms with Crippen molar-refractivity contribution in [2.75, 3.05) is 11.5 Å². The van der Waals surface area contributed by atoms with Crippen molar-refractivity contribution in [2.45, 2.75) is 103 Å². The predicted octanol–water partition coefficient (Wildman–Crippen LogP) is 4.91. The number of carbonyl (C=O) groups is 2. The van der Waals surface area contributed by atoms with E-state index in [4.69, 9.17) is 14.6 Å². The van der Waals surface area contributed by atoms with Crippen LogP contribution < -0.4 is 0 Å². The predicted molar refractivity (Wildman–Crippen MR) is 112 cm³/mol. The van der Waals surface area contributed by atoms with E-state index in [0.717, 1.165) is 12.8 Å². The molecule has 1 saturated heterocycles. The third-order valence-electron chi connectivity index (χ3n) is 5.44. The number of ether oxygens (including phenoxy) is 2. The molecule has 2 unspecified atom stereocenters. The van der Waals surface area contributed by atoms with Gasteiger partial charge in [-0.3, -0.25) is 9.69 Å². The van der Waals surface area contributed by atoms with Crippen molar-refractivity contribution in [1.82, 2.24) is 4.90 Å². The quantitative estimate of drug-likeness (QED) is 0.596. The zero-order valence-electron chi connectivity index (χ0n) is 18.0. The summed E-state index contributed by atoms with van der Waals surface area (Å²) in [6, 6.07) is -0.0293. The minimum Gasteiger partial charge on any atom is -0.481 e. The van der Waals surface area contributed by atoms with Gasteiger partial charge in [0.15, 0.2) is 0 Å². The van der Waals surface area contributed by atoms with Crippen LogP contribution in [0, 0.1) is 5.92 Å². The average molecular weight is 416 g/mol. The molecule has 0 spiro atoms. The summed E-state index contributed by atoms with van der Waals surface area (Å²) in [5.41, 5.74) is -1.29. The van der Waals surface area contributed by atoms with Crippen molar-refractivity contribution < 1.29 is 24.2 Å². The first-order chi connectivity index (χ1) is 13.0. The summed E-state index contributed by atoms with van der Waals surface area (Å²) >= 11 is 1.40. The number of thioether (sulfide) groups is 1. The SMILES string of the molecule is CC(C)(C)OC(=O)N1C(CC2CCCCC2)C(CCSCC(=O)O)OC1(C)C. The number of carbonyl (C=O) groups excluding carboxylic acids is 1. The van der Waals surface area contributed by atoms with E-state index in [1.165, 1.54) is 43.9 Å². The van der Waals surface area contributed by atoms with Crippen LogP contribution >= 0.6 is 11.8 Å². The molecule has 0 bridgehead atoms. The molecule has 7 heteroatoms. The molecule has 0 aromatic heterocycles. The van der Waals surface area contributed by atoms with E-state index < -0.39 is 17.3 Å². The van der Waals surface area contributed by atoms with E-state index >= 15 is 0 Å². The fourth-order valence-electron chi connectivity index (χ4n) is 4.37. The Bertz CT molecular complexity index is 539. The molecule has 28 heavy (non-hydrogen) atoms. The van der Waals surface area contributed by atoms with Crippen LogP contribution in [0.25, 0.3) is 0 Å². The maximum absolute atomic E-state index is 13.0. The van der Waals surface area contributed by atoms with Gasteiger partial charge in [-0.25, -0.2) is 4.79 Å². The van der Waals surface area contributed by atoms with Crippen LogP contribution in [0.3, 0.4) is 0 Å². The highest BCUT2D eigenvalue weighted by molar-refractivity contribution is 7.99. The molecule has 2 atom stereocenters. The van der Waals surface area contributed by atoms with Crippen LogP contribution in [0.15, 0.2) is 0 Å². The molecule has 2 aliphatic rings. The molecule has 162 valence electrons. The lowest BCUT2D eigenvalue weighted by Crippen LogP contribution is -2.50. The number of hydrogen-bond acceptors (Lipinski definition) is 5. The molecule has 1 aliphatic heterocycles. The van der Waals surface area contributed by atoms with Gasteiger partial charge in [0.2, 0.25) is 0 Å². The maximum atomic E-state index is 13.0. The number of amides is 1. The van der Waals surface area contributed by atoms with Crippen molar-refractivity contribution in [3.63, 3.8) is 0 Å². The Kier molecular flexibility index (Phi) is 8.08. The second kappa shape index (κ2) is 9.70. The molecule has 0 radical (unpaired) electrons. The summed E-state index contributed by atoms with van der Waals surface area (Å²) in [5, 5.41) is 8.86. The Morgan fingerprint density at radius 1 is 1.21 bits per heavy atom. The number of rotatable bonds is 7. The number of nitrogens with zero attached hydrogens (tertiary/aromatic N) is 1. The molecule has 6 nitrogen and oxygen atoms in total. The standard InChI is InChI=1S/C21H37NO5S/c1-20(2,3)27-19(25)22-16(13-15-9-7-6-8-10-15)17(26-21(22,4)5)11-12-28-14-18(23)24/h15-17H,6-14H2,1-5H3,(H,23,24). The Morgan fingerprint density at radius 3 is 2.43 bits per heavy atom. The molecule has 2 fully saturated rings. The van der Waals surface area contributed by atoms with Crippen molar-refractivity contribution in [3.05, 3.63) is 0 Å². The van der Waals surface area contributed by atoms with Crippen molar-refractivity contribution in [2.24, 2.45) is 5.92 Å². The van der Waals surface area contributed by atoms with Crippen molar-refractivity contribution >= 4 is 23.8 Å². The molecule has 1 aliphatic carbocycles. The summed E-state index contributed by atoms with van der Waals surface area (Å²) in [7, 11) is 0. The van der Waals surface area contributed by atoms with Gasteiger partial charge in [-0.2, -0.15) is 11.8 Å². The zero-order chi connectivity index (χ0) is 20.9. The van der Waals surface area contributed by atoms with E-state index in [1.807, 2.05) is 34.6 Å². The average Bonchev–Trinajstić information content (AvgIpc) is 2.80. The monoisotopic (exact) mass is 415 g/mol. The molecule has 1 saturated carbocycles. The minimum absolute atomic E-state index is 0.0293. The van der Waals surface area contributed by atoms with Gasteiger partial charge in [0.05, 0.1) is 17.9 Å². The molecular formula is C21H37NO5S. The topological polar surface area (TPSA) is 76.1 Å². The molecule has 1 heterocycles. The zero-order valence-corrected chi connectivity index (χ0v) is 18.8. The number of carboxylic acid groups (broad SMARTS) is 1. The smallest absolute Gasteiger partial charge is 0.412 e. The molecule has 2 rings (SSSR count). The number of carboxylic acids is 1. The summed E-state index contributed by atoms with van der Waals surface area (Å²) in [4.78, 5) is 25.6. The lowest BCUT2D eigenvalue weighted by Gasteiger charge is -2.37. The Hall–Kier alpha value is -0.950. The van der Waals surface area contributed by atoms with E-state index in [-0.39, 0.29) is 24.0 Å². The van der Waals surface area contributed by atoms with E-state index in [0.29, 0.717) is 11.7 Å². The number of hydrogen-bond donors (Lipinski definition) is 1. The first kappa shape index (κ1) is 23.3. The van der Waals surface area contributed by atoms with E-state index in [9.17, 15) is 9.59 Å². The first-order valence-electron chi connectivity index (χ1n) is 10.5. The highest BCUT2D eigenvalue weighted by Gasteiger charge is 2.51. The Labute approximate surface area is 173 Å². The summed E-state index contributed by atoms with van der Waals surface area (Å²) in [6.07, 6.45) is 7.48. The van der Waals surface area contributed by atoms with Gasteiger partial charge in [0.25, 0.3) is 0 Å². The minimum atomic E-state index is -0.799. The van der Waals surface area contributed by atoms with Gasteiger partial charge in [-0.15, -0.1) is 0 Å². The van der Waals surface area contributed by atoms with Gasteiger partial charge in [0.1, 0.15) is 11.3 Å². The molecule has 1 amide bonds. The van der Waals surface area contributed by atoms with Crippen molar-refractivity contribution in [3.8, 4) is 0 Å². The third-order valence-corrected chi connectivity index (χ3v) is 6.42. The van der Waals surface area contributed by atoms with Crippen LogP contribution in [-0.2, 0) is 14.3 Å². The van der Waals surface area contributed by atoms with Gasteiger partial charge in [-0.1, -0.05) is 32.1 Å². The summed E-state index contributed by atoms with van der Waals surface area (Å²) in [5.74, 6) is 0.609.